The molecule has 0 N–H and O–H groups in total. The van der Waals surface area contributed by atoms with E-state index in [2.05, 4.69) is 20.0 Å². The zero-order valence-electron chi connectivity index (χ0n) is 16.6. The third-order valence-electron chi connectivity index (χ3n) is 4.87. The Morgan fingerprint density at radius 1 is 0.478 bits per heavy atom. The summed E-state index contributed by atoms with van der Waals surface area (Å²) < 4.78 is 0. The van der Waals surface area contributed by atoms with Crippen LogP contribution in [0.3, 0.4) is 0 Å². The molecule has 0 spiro atoms. The summed E-state index contributed by atoms with van der Waals surface area (Å²) >= 11 is 6.34. The fourth-order valence-corrected chi connectivity index (χ4v) is 4.76. The first-order valence-corrected chi connectivity index (χ1v) is 15.0. The monoisotopic (exact) mass is 360 g/mol. The Labute approximate surface area is 153 Å². The van der Waals surface area contributed by atoms with Crippen molar-refractivity contribution in [1.82, 2.24) is 0 Å². The third kappa shape index (κ3) is 22.5. The molecule has 0 rings (SSSR count). The predicted octanol–water partition coefficient (Wildman–Crippen LogP) is 9.08. The van der Waals surface area contributed by atoms with Crippen molar-refractivity contribution in [2.45, 2.75) is 135 Å². The molecule has 0 heterocycles. The van der Waals surface area contributed by atoms with Crippen molar-refractivity contribution >= 4 is 18.5 Å². The zero-order chi connectivity index (χ0) is 17.2. The minimum absolute atomic E-state index is 1.29. The first-order chi connectivity index (χ1) is 11.1. The number of hydrogen-bond donors (Lipinski definition) is 0. The van der Waals surface area contributed by atoms with Crippen LogP contribution in [-0.4, -0.2) is 7.38 Å². The van der Waals surface area contributed by atoms with E-state index in [-0.39, 0.29) is 0 Å². The van der Waals surface area contributed by atoms with E-state index >= 15 is 0 Å². The largest absolute Gasteiger partial charge is 0.168 e. The predicted molar refractivity (Wildman–Crippen MR) is 112 cm³/mol. The van der Waals surface area contributed by atoms with Gasteiger partial charge in [-0.1, -0.05) is 129 Å². The Morgan fingerprint density at radius 3 is 1.00 bits per heavy atom. The van der Waals surface area contributed by atoms with E-state index in [1.54, 1.807) is 0 Å². The molecular formula is C21H45ClSi. The van der Waals surface area contributed by atoms with Crippen LogP contribution in [0, 0.1) is 0 Å². The quantitative estimate of drug-likeness (QED) is 0.130. The number of rotatable bonds is 18. The van der Waals surface area contributed by atoms with E-state index in [1.807, 2.05) is 0 Å². The van der Waals surface area contributed by atoms with Crippen LogP contribution in [0.1, 0.15) is 116 Å². The highest BCUT2D eigenvalue weighted by atomic mass is 35.6. The standard InChI is InChI=1S/C21H45ClSi/c1-4-5-6-7-8-9-10-11-12-13-14-15-16-17-18-19-20-21-23(2,3)22/h4-21H2,1-3H3. The summed E-state index contributed by atoms with van der Waals surface area (Å²) in [4.78, 5) is 0. The molecule has 0 nitrogen and oxygen atoms in total. The average Bonchev–Trinajstić information content (AvgIpc) is 2.49. The van der Waals surface area contributed by atoms with Crippen LogP contribution in [0.25, 0.3) is 0 Å². The van der Waals surface area contributed by atoms with Crippen molar-refractivity contribution in [3.63, 3.8) is 0 Å². The van der Waals surface area contributed by atoms with Gasteiger partial charge in [-0.25, -0.2) is 0 Å². The molecule has 0 saturated carbocycles. The van der Waals surface area contributed by atoms with Crippen molar-refractivity contribution in [3.05, 3.63) is 0 Å². The number of hydrogen-bond acceptors (Lipinski definition) is 0. The lowest BCUT2D eigenvalue weighted by atomic mass is 10.0. The van der Waals surface area contributed by atoms with Gasteiger partial charge in [0.15, 0.2) is 0 Å². The van der Waals surface area contributed by atoms with Gasteiger partial charge in [0.1, 0.15) is 7.38 Å². The summed E-state index contributed by atoms with van der Waals surface area (Å²) in [6.07, 6.45) is 24.6. The maximum Gasteiger partial charge on any atom is 0.150 e. The highest BCUT2D eigenvalue weighted by Crippen LogP contribution is 2.19. The minimum atomic E-state index is -1.29. The molecule has 0 aliphatic heterocycles. The normalized spacial score (nSPS) is 12.0. The molecule has 0 radical (unpaired) electrons. The molecule has 0 atom stereocenters. The first-order valence-electron chi connectivity index (χ1n) is 10.7. The van der Waals surface area contributed by atoms with Gasteiger partial charge in [-0.3, -0.25) is 0 Å². The zero-order valence-corrected chi connectivity index (χ0v) is 18.4. The lowest BCUT2D eigenvalue weighted by molar-refractivity contribution is 0.528. The second-order valence-electron chi connectivity index (χ2n) is 8.13. The van der Waals surface area contributed by atoms with E-state index in [0.29, 0.717) is 0 Å². The van der Waals surface area contributed by atoms with Gasteiger partial charge in [0.05, 0.1) is 0 Å². The highest BCUT2D eigenvalue weighted by molar-refractivity contribution is 7.19. The molecule has 23 heavy (non-hydrogen) atoms. The van der Waals surface area contributed by atoms with Crippen LogP contribution >= 0.6 is 11.1 Å². The lowest BCUT2D eigenvalue weighted by Crippen LogP contribution is -2.14. The molecule has 0 amide bonds. The summed E-state index contributed by atoms with van der Waals surface area (Å²) in [7, 11) is -1.29. The minimum Gasteiger partial charge on any atom is -0.168 e. The Balaban J connectivity index is 3.00. The molecule has 0 fully saturated rings. The highest BCUT2D eigenvalue weighted by Gasteiger charge is 2.15. The van der Waals surface area contributed by atoms with Crippen molar-refractivity contribution in [2.75, 3.05) is 0 Å². The number of halogens is 1. The fourth-order valence-electron chi connectivity index (χ4n) is 3.27. The Morgan fingerprint density at radius 2 is 0.739 bits per heavy atom. The Kier molecular flexibility index (Phi) is 17.7. The van der Waals surface area contributed by atoms with Crippen LogP contribution in [-0.2, 0) is 0 Å². The molecule has 0 saturated heterocycles. The molecule has 0 aromatic rings. The summed E-state index contributed by atoms with van der Waals surface area (Å²) in [5, 5.41) is 0. The maximum absolute atomic E-state index is 6.34. The van der Waals surface area contributed by atoms with Crippen LogP contribution < -0.4 is 0 Å². The van der Waals surface area contributed by atoms with Gasteiger partial charge < -0.3 is 0 Å². The van der Waals surface area contributed by atoms with Crippen molar-refractivity contribution in [2.24, 2.45) is 0 Å². The van der Waals surface area contributed by atoms with E-state index < -0.39 is 7.38 Å². The number of unbranched alkanes of at least 4 members (excludes halogenated alkanes) is 16. The van der Waals surface area contributed by atoms with E-state index in [1.165, 1.54) is 115 Å². The smallest absolute Gasteiger partial charge is 0.150 e. The molecule has 0 aromatic heterocycles. The van der Waals surface area contributed by atoms with E-state index in [0.717, 1.165) is 0 Å². The Hall–Kier alpha value is 0.507. The van der Waals surface area contributed by atoms with Crippen LogP contribution in [0.15, 0.2) is 0 Å². The molecule has 140 valence electrons. The fraction of sp³-hybridized carbons (Fsp3) is 1.00. The average molecular weight is 361 g/mol. The van der Waals surface area contributed by atoms with E-state index in [9.17, 15) is 0 Å². The molecule has 0 aliphatic rings. The van der Waals surface area contributed by atoms with Gasteiger partial charge in [-0.2, -0.15) is 11.1 Å². The summed E-state index contributed by atoms with van der Waals surface area (Å²) in [5.74, 6) is 0. The van der Waals surface area contributed by atoms with Crippen LogP contribution in [0.5, 0.6) is 0 Å². The maximum atomic E-state index is 6.34. The summed E-state index contributed by atoms with van der Waals surface area (Å²) in [5.41, 5.74) is 0. The van der Waals surface area contributed by atoms with Gasteiger partial charge in [-0.15, -0.1) is 0 Å². The van der Waals surface area contributed by atoms with Crippen molar-refractivity contribution in [1.29, 1.82) is 0 Å². The van der Waals surface area contributed by atoms with Gasteiger partial charge in [0.2, 0.25) is 0 Å². The second kappa shape index (κ2) is 17.3. The molecular weight excluding hydrogens is 316 g/mol. The third-order valence-corrected chi connectivity index (χ3v) is 6.98. The van der Waals surface area contributed by atoms with Gasteiger partial charge >= 0.3 is 0 Å². The molecule has 0 bridgehead atoms. The molecule has 0 aromatic carbocycles. The van der Waals surface area contributed by atoms with Gasteiger partial charge in [-0.05, 0) is 6.04 Å². The van der Waals surface area contributed by atoms with Crippen molar-refractivity contribution < 1.29 is 0 Å². The second-order valence-corrected chi connectivity index (χ2v) is 15.1. The van der Waals surface area contributed by atoms with Crippen LogP contribution in [0.4, 0.5) is 0 Å². The van der Waals surface area contributed by atoms with Crippen LogP contribution in [0.2, 0.25) is 19.1 Å². The first kappa shape index (κ1) is 23.5. The SMILES string of the molecule is CCCCCCCCCCCCCCCCCCC[Si](C)(C)Cl. The molecule has 0 unspecified atom stereocenters. The van der Waals surface area contributed by atoms with Crippen molar-refractivity contribution in [3.8, 4) is 0 Å². The summed E-state index contributed by atoms with van der Waals surface area (Å²) in [6.45, 7) is 6.83. The molecule has 2 heteroatoms. The lowest BCUT2D eigenvalue weighted by Gasteiger charge is -2.11. The van der Waals surface area contributed by atoms with E-state index in [4.69, 9.17) is 11.1 Å². The molecule has 0 aliphatic carbocycles. The Bertz CT molecular complexity index is 222. The summed E-state index contributed by atoms with van der Waals surface area (Å²) in [6, 6.07) is 1.30. The van der Waals surface area contributed by atoms with Gasteiger partial charge in [0.25, 0.3) is 0 Å². The van der Waals surface area contributed by atoms with Gasteiger partial charge in [0, 0.05) is 0 Å². The topological polar surface area (TPSA) is 0 Å².